The van der Waals surface area contributed by atoms with Crippen LogP contribution in [0.25, 0.3) is 11.3 Å². The van der Waals surface area contributed by atoms with E-state index in [2.05, 4.69) is 5.32 Å². The van der Waals surface area contributed by atoms with Crippen molar-refractivity contribution >= 4 is 17.0 Å². The third-order valence-corrected chi connectivity index (χ3v) is 8.78. The summed E-state index contributed by atoms with van der Waals surface area (Å²) in [5, 5.41) is 3.02. The molecule has 12 heteroatoms. The quantitative estimate of drug-likeness (QED) is 0.310. The topological polar surface area (TPSA) is 109 Å². The van der Waals surface area contributed by atoms with Crippen LogP contribution in [-0.4, -0.2) is 50.2 Å². The molecule has 2 aliphatic rings. The average Bonchev–Trinajstić information content (AvgIpc) is 3.19. The minimum atomic E-state index is -4.95. The van der Waals surface area contributed by atoms with Crippen LogP contribution >= 0.6 is 0 Å². The van der Waals surface area contributed by atoms with Crippen molar-refractivity contribution in [1.82, 2.24) is 9.88 Å². The Bertz CT molecular complexity index is 1270. The van der Waals surface area contributed by atoms with Crippen LogP contribution < -0.4 is 11.1 Å². The number of hydrogen-bond donors (Lipinski definition) is 2. The summed E-state index contributed by atoms with van der Waals surface area (Å²) in [4.78, 5) is 12.6. The maximum Gasteiger partial charge on any atom is 0.417 e. The summed E-state index contributed by atoms with van der Waals surface area (Å²) >= 11 is -3.17. The molecule has 1 aliphatic heterocycles. The van der Waals surface area contributed by atoms with Gasteiger partial charge in [0.15, 0.2) is 0 Å². The lowest BCUT2D eigenvalue weighted by molar-refractivity contribution is -0.140. The standard InChI is InChI=1S/C29H39F4N3O4S/c1-17-23(27(37)35-22-8-10-40-11-9-22)14-25(36(17)16-18-4-6-21(30)7-5-18)19-12-20(15-28(2,3)34)26(41(38)39)24(13-19)29(31,32)33/h12-14,18,21-22H,4-11,15-16,34H2,1-3H3,(H,35,37)(H,38,39)/p-1. The number of benzene rings is 1. The van der Waals surface area contributed by atoms with E-state index in [0.29, 0.717) is 75.2 Å². The molecule has 2 fully saturated rings. The number of nitrogens with one attached hydrogen (secondary N) is 1. The van der Waals surface area contributed by atoms with Gasteiger partial charge >= 0.3 is 6.18 Å². The molecule has 2 heterocycles. The molecular formula is C29H38F4N3O4S-. The molecule has 1 atom stereocenters. The second-order valence-electron chi connectivity index (χ2n) is 12.0. The van der Waals surface area contributed by atoms with Gasteiger partial charge in [-0.05, 0) is 112 Å². The number of carbonyl (C=O) groups is 1. The monoisotopic (exact) mass is 600 g/mol. The molecule has 1 aromatic heterocycles. The highest BCUT2D eigenvalue weighted by molar-refractivity contribution is 7.79. The van der Waals surface area contributed by atoms with E-state index in [1.54, 1.807) is 26.8 Å². The minimum absolute atomic E-state index is 0.0489. The van der Waals surface area contributed by atoms with Crippen molar-refractivity contribution in [3.05, 3.63) is 40.6 Å². The predicted molar refractivity (Wildman–Crippen MR) is 147 cm³/mol. The zero-order valence-electron chi connectivity index (χ0n) is 23.6. The molecule has 1 amide bonds. The average molecular weight is 601 g/mol. The van der Waals surface area contributed by atoms with Crippen LogP contribution in [0.2, 0.25) is 0 Å². The first-order valence-corrected chi connectivity index (χ1v) is 15.1. The molecule has 1 unspecified atom stereocenters. The van der Waals surface area contributed by atoms with Gasteiger partial charge in [0.25, 0.3) is 5.91 Å². The summed E-state index contributed by atoms with van der Waals surface area (Å²) < 4.78 is 88.0. The van der Waals surface area contributed by atoms with Crippen LogP contribution in [0, 0.1) is 12.8 Å². The van der Waals surface area contributed by atoms with Gasteiger partial charge in [-0.15, -0.1) is 0 Å². The molecule has 1 aliphatic carbocycles. The van der Waals surface area contributed by atoms with Crippen LogP contribution in [0.1, 0.15) is 79.6 Å². The Balaban J connectivity index is 1.85. The number of halogens is 4. The number of hydrogen-bond acceptors (Lipinski definition) is 5. The van der Waals surface area contributed by atoms with Crippen LogP contribution in [0.15, 0.2) is 23.1 Å². The van der Waals surface area contributed by atoms with Crippen molar-refractivity contribution in [2.24, 2.45) is 11.7 Å². The number of alkyl halides is 4. The first-order valence-electron chi connectivity index (χ1n) is 14.0. The molecule has 7 nitrogen and oxygen atoms in total. The lowest BCUT2D eigenvalue weighted by Crippen LogP contribution is -2.39. The summed E-state index contributed by atoms with van der Waals surface area (Å²) in [5.41, 5.74) is 5.22. The fourth-order valence-corrected chi connectivity index (χ4v) is 6.58. The molecule has 0 radical (unpaired) electrons. The van der Waals surface area contributed by atoms with Crippen molar-refractivity contribution in [2.75, 3.05) is 13.2 Å². The Morgan fingerprint density at radius 1 is 1.12 bits per heavy atom. The molecule has 2 aromatic rings. The fourth-order valence-electron chi connectivity index (χ4n) is 5.88. The Morgan fingerprint density at radius 2 is 1.76 bits per heavy atom. The van der Waals surface area contributed by atoms with E-state index in [9.17, 15) is 31.1 Å². The van der Waals surface area contributed by atoms with Crippen molar-refractivity contribution in [3.63, 3.8) is 0 Å². The summed E-state index contributed by atoms with van der Waals surface area (Å²) in [5.74, 6) is -0.255. The van der Waals surface area contributed by atoms with Crippen molar-refractivity contribution < 1.29 is 35.9 Å². The van der Waals surface area contributed by atoms with E-state index in [4.69, 9.17) is 10.5 Å². The Kier molecular flexibility index (Phi) is 9.67. The number of carbonyl (C=O) groups excluding carboxylic acids is 1. The Hall–Kier alpha value is -2.28. The number of aromatic nitrogens is 1. The first kappa shape index (κ1) is 31.7. The third kappa shape index (κ3) is 7.77. The lowest BCUT2D eigenvalue weighted by atomic mass is 9.88. The highest BCUT2D eigenvalue weighted by Crippen LogP contribution is 2.40. The summed E-state index contributed by atoms with van der Waals surface area (Å²) in [6.45, 7) is 6.42. The summed E-state index contributed by atoms with van der Waals surface area (Å²) in [6.07, 6.45) is -2.55. The first-order chi connectivity index (χ1) is 19.1. The molecular weight excluding hydrogens is 562 g/mol. The lowest BCUT2D eigenvalue weighted by Gasteiger charge is -2.27. The van der Waals surface area contributed by atoms with Crippen LogP contribution in [0.4, 0.5) is 17.6 Å². The number of ether oxygens (including phenoxy) is 1. The van der Waals surface area contributed by atoms with Crippen molar-refractivity contribution in [3.8, 4) is 11.3 Å². The molecule has 4 rings (SSSR count). The number of nitrogens with two attached hydrogens (primary N) is 1. The molecule has 3 N–H and O–H groups in total. The zero-order chi connectivity index (χ0) is 30.1. The van der Waals surface area contributed by atoms with Gasteiger partial charge in [0.05, 0.1) is 11.1 Å². The normalized spacial score (nSPS) is 21.6. The van der Waals surface area contributed by atoms with E-state index in [1.165, 1.54) is 6.07 Å². The summed E-state index contributed by atoms with van der Waals surface area (Å²) in [7, 11) is 0. The molecule has 0 bridgehead atoms. The maximum atomic E-state index is 14.3. The van der Waals surface area contributed by atoms with Gasteiger partial charge in [-0.2, -0.15) is 13.2 Å². The number of rotatable bonds is 8. The van der Waals surface area contributed by atoms with Gasteiger partial charge in [0.1, 0.15) is 6.17 Å². The highest BCUT2D eigenvalue weighted by atomic mass is 32.2. The Labute approximate surface area is 240 Å². The second-order valence-corrected chi connectivity index (χ2v) is 12.9. The fraction of sp³-hybridized carbons (Fsp3) is 0.621. The molecule has 0 spiro atoms. The van der Waals surface area contributed by atoms with Gasteiger partial charge in [0, 0.05) is 47.6 Å². The van der Waals surface area contributed by atoms with Crippen molar-refractivity contribution in [2.45, 2.75) is 101 Å². The van der Waals surface area contributed by atoms with E-state index in [0.717, 1.165) is 6.07 Å². The van der Waals surface area contributed by atoms with Gasteiger partial charge in [-0.1, -0.05) is 0 Å². The molecule has 1 saturated heterocycles. The van der Waals surface area contributed by atoms with Gasteiger partial charge < -0.3 is 24.9 Å². The predicted octanol–water partition coefficient (Wildman–Crippen LogP) is 5.44. The van der Waals surface area contributed by atoms with Gasteiger partial charge in [-0.25, -0.2) is 4.39 Å². The van der Waals surface area contributed by atoms with Crippen LogP contribution in [0.5, 0.6) is 0 Å². The second kappa shape index (κ2) is 12.5. The van der Waals surface area contributed by atoms with Crippen LogP contribution in [-0.2, 0) is 35.0 Å². The zero-order valence-corrected chi connectivity index (χ0v) is 24.4. The van der Waals surface area contributed by atoms with Gasteiger partial charge in [-0.3, -0.25) is 9.00 Å². The molecule has 41 heavy (non-hydrogen) atoms. The van der Waals surface area contributed by atoms with E-state index < -0.39 is 39.4 Å². The van der Waals surface area contributed by atoms with Crippen molar-refractivity contribution in [1.29, 1.82) is 0 Å². The summed E-state index contributed by atoms with van der Waals surface area (Å²) in [6, 6.07) is 3.76. The molecule has 228 valence electrons. The highest BCUT2D eigenvalue weighted by Gasteiger charge is 2.37. The smallest absolute Gasteiger partial charge is 0.417 e. The minimum Gasteiger partial charge on any atom is -0.768 e. The number of nitrogens with zero attached hydrogens (tertiary/aromatic N) is 1. The number of amides is 1. The Morgan fingerprint density at radius 3 is 2.32 bits per heavy atom. The van der Waals surface area contributed by atoms with E-state index in [1.807, 2.05) is 4.57 Å². The molecule has 1 aromatic carbocycles. The third-order valence-electron chi connectivity index (χ3n) is 7.96. The molecule has 1 saturated carbocycles. The van der Waals surface area contributed by atoms with Crippen LogP contribution in [0.3, 0.4) is 0 Å². The van der Waals surface area contributed by atoms with E-state index in [-0.39, 0.29) is 35.4 Å². The SMILES string of the molecule is Cc1c(C(=O)NC2CCOCC2)cc(-c2cc(CC(C)(C)N)c(S(=O)[O-])c(C(F)(F)F)c2)n1CC1CCC(F)CC1. The maximum absolute atomic E-state index is 14.3. The van der Waals surface area contributed by atoms with Gasteiger partial charge in [0.2, 0.25) is 0 Å². The largest absolute Gasteiger partial charge is 0.768 e. The van der Waals surface area contributed by atoms with E-state index >= 15 is 0 Å².